The Bertz CT molecular complexity index is 119. The van der Waals surface area contributed by atoms with Crippen LogP contribution in [0.25, 0.3) is 0 Å². The molecule has 1 heterocycles. The molecule has 2 nitrogen and oxygen atoms in total. The first-order valence-corrected chi connectivity index (χ1v) is 5.68. The van der Waals surface area contributed by atoms with E-state index in [2.05, 4.69) is 13.8 Å². The van der Waals surface area contributed by atoms with Crippen LogP contribution in [0, 0.1) is 0 Å². The fraction of sp³-hybridized carbons (Fsp3) is 1.00. The Morgan fingerprint density at radius 2 is 1.62 bits per heavy atom. The lowest BCUT2D eigenvalue weighted by Gasteiger charge is -2.40. The summed E-state index contributed by atoms with van der Waals surface area (Å²) in [4.78, 5) is 0. The van der Waals surface area contributed by atoms with Crippen LogP contribution >= 0.6 is 0 Å². The number of hydrogen-bond acceptors (Lipinski definition) is 1. The molecule has 80 valence electrons. The van der Waals surface area contributed by atoms with Gasteiger partial charge in [-0.2, -0.15) is 0 Å². The number of nitrogens with zero attached hydrogens (tertiary/aromatic N) is 1. The van der Waals surface area contributed by atoms with Crippen molar-refractivity contribution in [3.63, 3.8) is 0 Å². The molecule has 13 heavy (non-hydrogen) atoms. The van der Waals surface area contributed by atoms with E-state index in [4.69, 9.17) is 0 Å². The van der Waals surface area contributed by atoms with Crippen molar-refractivity contribution in [1.82, 2.24) is 0 Å². The van der Waals surface area contributed by atoms with Gasteiger partial charge in [0.15, 0.2) is 0 Å². The van der Waals surface area contributed by atoms with Gasteiger partial charge < -0.3 is 9.96 Å². The van der Waals surface area contributed by atoms with Gasteiger partial charge in [0.05, 0.1) is 26.2 Å². The molecule has 1 saturated heterocycles. The lowest BCUT2D eigenvalue weighted by molar-refractivity contribution is -0.931. The molecule has 1 rings (SSSR count). The first-order chi connectivity index (χ1) is 5.83. The van der Waals surface area contributed by atoms with Crippen LogP contribution in [0.15, 0.2) is 0 Å². The molecule has 1 aliphatic heterocycles. The molecular formula is C11H25NO. The molecule has 0 aliphatic carbocycles. The molecule has 0 amide bonds. The van der Waals surface area contributed by atoms with Crippen LogP contribution in [0.4, 0.5) is 0 Å². The fourth-order valence-corrected chi connectivity index (χ4v) is 2.37. The van der Waals surface area contributed by atoms with E-state index in [1.165, 1.54) is 62.8 Å². The minimum atomic E-state index is 0. The third-order valence-corrected chi connectivity index (χ3v) is 3.42. The molecule has 0 aromatic heterocycles. The topological polar surface area (TPSA) is 30.0 Å². The Morgan fingerprint density at radius 3 is 2.08 bits per heavy atom. The summed E-state index contributed by atoms with van der Waals surface area (Å²) in [5.74, 6) is 0. The van der Waals surface area contributed by atoms with Crippen molar-refractivity contribution in [2.75, 3.05) is 26.2 Å². The molecule has 0 radical (unpaired) electrons. The second-order valence-corrected chi connectivity index (χ2v) is 4.24. The smallest absolute Gasteiger partial charge is 0.0786 e. The number of likely N-dealkylation sites (tertiary alicyclic amines) is 1. The predicted molar refractivity (Wildman–Crippen MR) is 56.1 cm³/mol. The summed E-state index contributed by atoms with van der Waals surface area (Å²) in [6, 6.07) is 0. The summed E-state index contributed by atoms with van der Waals surface area (Å²) in [6.07, 6.45) is 7.20. The van der Waals surface area contributed by atoms with Gasteiger partial charge >= 0.3 is 0 Å². The summed E-state index contributed by atoms with van der Waals surface area (Å²) >= 11 is 0. The Morgan fingerprint density at radius 1 is 1.00 bits per heavy atom. The van der Waals surface area contributed by atoms with E-state index in [0.717, 1.165) is 0 Å². The monoisotopic (exact) mass is 187 g/mol. The molecule has 1 aliphatic rings. The van der Waals surface area contributed by atoms with E-state index in [-0.39, 0.29) is 5.48 Å². The number of rotatable bonds is 4. The van der Waals surface area contributed by atoms with Crippen molar-refractivity contribution < 1.29 is 9.96 Å². The maximum absolute atomic E-state index is 2.36. The van der Waals surface area contributed by atoms with Crippen LogP contribution in [0.5, 0.6) is 0 Å². The predicted octanol–water partition coefficient (Wildman–Crippen LogP) is 2.63. The second-order valence-electron chi connectivity index (χ2n) is 4.24. The molecule has 2 heteroatoms. The number of hydrogen-bond donors (Lipinski definition) is 0. The van der Waals surface area contributed by atoms with Gasteiger partial charge in [-0.15, -0.1) is 0 Å². The van der Waals surface area contributed by atoms with Gasteiger partial charge in [-0.25, -0.2) is 0 Å². The molecule has 0 unspecified atom stereocenters. The number of quaternary nitrogens is 1. The largest absolute Gasteiger partial charge is 0.870 e. The van der Waals surface area contributed by atoms with E-state index in [1.54, 1.807) is 0 Å². The zero-order valence-corrected chi connectivity index (χ0v) is 9.26. The molecular weight excluding hydrogens is 162 g/mol. The van der Waals surface area contributed by atoms with Crippen molar-refractivity contribution in [3.05, 3.63) is 0 Å². The lowest BCUT2D eigenvalue weighted by Crippen LogP contribution is -2.51. The maximum atomic E-state index is 2.36. The van der Waals surface area contributed by atoms with Crippen molar-refractivity contribution in [2.24, 2.45) is 0 Å². The highest BCUT2D eigenvalue weighted by Gasteiger charge is 2.26. The Balaban J connectivity index is 0.00000144. The molecule has 0 saturated carbocycles. The average Bonchev–Trinajstić information content (AvgIpc) is 2.16. The van der Waals surface area contributed by atoms with Gasteiger partial charge in [0.25, 0.3) is 0 Å². The van der Waals surface area contributed by atoms with Crippen molar-refractivity contribution in [2.45, 2.75) is 46.0 Å². The third-order valence-electron chi connectivity index (χ3n) is 3.42. The van der Waals surface area contributed by atoms with Crippen molar-refractivity contribution in [1.29, 1.82) is 0 Å². The summed E-state index contributed by atoms with van der Waals surface area (Å²) in [6.45, 7) is 10.4. The van der Waals surface area contributed by atoms with Crippen LogP contribution in [-0.4, -0.2) is 36.1 Å². The highest BCUT2D eigenvalue weighted by Crippen LogP contribution is 2.19. The van der Waals surface area contributed by atoms with Gasteiger partial charge in [0, 0.05) is 0 Å². The molecule has 0 aromatic rings. The standard InChI is InChI=1S/C11H24N.H2O/c1-3-5-9-12(4-2)10-7-6-8-11-12;/h3-11H2,1-2H3;1H2/q+1;/p-1. The van der Waals surface area contributed by atoms with E-state index in [0.29, 0.717) is 0 Å². The van der Waals surface area contributed by atoms with Gasteiger partial charge in [-0.05, 0) is 32.6 Å². The third kappa shape index (κ3) is 3.65. The average molecular weight is 187 g/mol. The van der Waals surface area contributed by atoms with Gasteiger partial charge in [-0.1, -0.05) is 13.3 Å². The normalized spacial score (nSPS) is 20.8. The minimum Gasteiger partial charge on any atom is -0.870 e. The molecule has 0 bridgehead atoms. The van der Waals surface area contributed by atoms with Gasteiger partial charge in [0.1, 0.15) is 0 Å². The summed E-state index contributed by atoms with van der Waals surface area (Å²) in [5, 5.41) is 0. The maximum Gasteiger partial charge on any atom is 0.0786 e. The quantitative estimate of drug-likeness (QED) is 0.622. The van der Waals surface area contributed by atoms with Gasteiger partial charge in [-0.3, -0.25) is 0 Å². The molecule has 1 fully saturated rings. The highest BCUT2D eigenvalue weighted by molar-refractivity contribution is 4.53. The Hall–Kier alpha value is -0.0800. The Labute approximate surface area is 82.8 Å². The number of piperidine rings is 1. The highest BCUT2D eigenvalue weighted by atomic mass is 16.0. The van der Waals surface area contributed by atoms with E-state index in [9.17, 15) is 0 Å². The summed E-state index contributed by atoms with van der Waals surface area (Å²) in [7, 11) is 0. The fourth-order valence-electron chi connectivity index (χ4n) is 2.37. The van der Waals surface area contributed by atoms with Crippen LogP contribution in [0.1, 0.15) is 46.0 Å². The zero-order valence-electron chi connectivity index (χ0n) is 9.26. The minimum absolute atomic E-state index is 0. The van der Waals surface area contributed by atoms with Crippen LogP contribution in [0.2, 0.25) is 0 Å². The zero-order chi connectivity index (χ0) is 8.86. The molecule has 0 atom stereocenters. The van der Waals surface area contributed by atoms with Crippen LogP contribution in [0.3, 0.4) is 0 Å². The van der Waals surface area contributed by atoms with Crippen LogP contribution < -0.4 is 0 Å². The summed E-state index contributed by atoms with van der Waals surface area (Å²) < 4.78 is 1.42. The van der Waals surface area contributed by atoms with Gasteiger partial charge in [0.2, 0.25) is 0 Å². The molecule has 0 spiro atoms. The van der Waals surface area contributed by atoms with E-state index >= 15 is 0 Å². The first kappa shape index (κ1) is 12.9. The number of unbranched alkanes of at least 4 members (excludes halogenated alkanes) is 1. The van der Waals surface area contributed by atoms with Crippen molar-refractivity contribution >= 4 is 0 Å². The first-order valence-electron chi connectivity index (χ1n) is 5.68. The van der Waals surface area contributed by atoms with Crippen LogP contribution in [-0.2, 0) is 0 Å². The van der Waals surface area contributed by atoms with E-state index < -0.39 is 0 Å². The Kier molecular flexibility index (Phi) is 6.35. The molecule has 0 aromatic carbocycles. The SMILES string of the molecule is CCCC[N+]1(CC)CCCCC1.[OH-]. The van der Waals surface area contributed by atoms with E-state index in [1.807, 2.05) is 0 Å². The van der Waals surface area contributed by atoms with Crippen molar-refractivity contribution in [3.8, 4) is 0 Å². The second kappa shape index (κ2) is 6.39. The summed E-state index contributed by atoms with van der Waals surface area (Å²) in [5.41, 5.74) is 0. The molecule has 1 N–H and O–H groups in total. The lowest BCUT2D eigenvalue weighted by atomic mass is 10.1.